The van der Waals surface area contributed by atoms with Gasteiger partial charge in [-0.2, -0.15) is 0 Å². The predicted octanol–water partition coefficient (Wildman–Crippen LogP) is 7.13. The quantitative estimate of drug-likeness (QED) is 0.161. The van der Waals surface area contributed by atoms with E-state index in [2.05, 4.69) is 6.92 Å². The summed E-state index contributed by atoms with van der Waals surface area (Å²) >= 11 is 0. The van der Waals surface area contributed by atoms with Gasteiger partial charge in [-0.3, -0.25) is 4.57 Å². The van der Waals surface area contributed by atoms with Crippen LogP contribution in [0, 0.1) is 0 Å². The molecule has 2 aromatic rings. The van der Waals surface area contributed by atoms with Crippen molar-refractivity contribution in [1.82, 2.24) is 0 Å². The molecule has 0 aliphatic heterocycles. The zero-order valence-corrected chi connectivity index (χ0v) is 16.9. The summed E-state index contributed by atoms with van der Waals surface area (Å²) in [5, 5.41) is 1.97. The van der Waals surface area contributed by atoms with Crippen LogP contribution in [0.1, 0.15) is 58.8 Å². The van der Waals surface area contributed by atoms with E-state index in [1.165, 1.54) is 32.1 Å². The Morgan fingerprint density at radius 3 is 2.31 bits per heavy atom. The molecule has 1 unspecified atom stereocenters. The maximum Gasteiger partial charge on any atom is 0.368 e. The third kappa shape index (κ3) is 6.75. The van der Waals surface area contributed by atoms with Gasteiger partial charge in [0.25, 0.3) is 0 Å². The lowest BCUT2D eigenvalue weighted by molar-refractivity contribution is -0.111. The van der Waals surface area contributed by atoms with Crippen LogP contribution < -0.4 is 4.89 Å². The molecule has 0 bridgehead atoms. The highest BCUT2D eigenvalue weighted by Gasteiger charge is 2.24. The lowest BCUT2D eigenvalue weighted by Gasteiger charge is -2.16. The predicted molar refractivity (Wildman–Crippen MR) is 108 cm³/mol. The Morgan fingerprint density at radius 2 is 1.54 bits per heavy atom. The van der Waals surface area contributed by atoms with Gasteiger partial charge >= 0.3 is 7.60 Å². The first-order chi connectivity index (χ1) is 12.7. The molecule has 0 N–H and O–H groups in total. The van der Waals surface area contributed by atoms with Gasteiger partial charge in [-0.1, -0.05) is 93.4 Å². The molecule has 2 aromatic carbocycles. The van der Waals surface area contributed by atoms with Gasteiger partial charge in [0.2, 0.25) is 0 Å². The molecule has 26 heavy (non-hydrogen) atoms. The number of benzene rings is 2. The Kier molecular flexibility index (Phi) is 9.17. The van der Waals surface area contributed by atoms with E-state index in [4.69, 9.17) is 14.1 Å². The van der Waals surface area contributed by atoms with Crippen molar-refractivity contribution in [3.8, 4) is 5.75 Å². The van der Waals surface area contributed by atoms with E-state index >= 15 is 0 Å². The maximum absolute atomic E-state index is 12.7. The molecule has 0 aliphatic carbocycles. The number of fused-ring (bicyclic) bond motifs is 1. The van der Waals surface area contributed by atoms with Gasteiger partial charge in [0.1, 0.15) is 0 Å². The van der Waals surface area contributed by atoms with Crippen LogP contribution in [0.25, 0.3) is 10.8 Å². The fourth-order valence-electron chi connectivity index (χ4n) is 2.79. The highest BCUT2D eigenvalue weighted by molar-refractivity contribution is 7.53. The number of hydrogen-bond donors (Lipinski definition) is 0. The molecule has 0 saturated carbocycles. The molecule has 0 heterocycles. The molecule has 0 amide bonds. The van der Waals surface area contributed by atoms with Gasteiger partial charge in [0.15, 0.2) is 5.75 Å². The molecule has 0 radical (unpaired) electrons. The molecule has 0 aliphatic rings. The molecule has 0 saturated heterocycles. The minimum atomic E-state index is -3.23. The second kappa shape index (κ2) is 11.4. The molecule has 5 heteroatoms. The van der Waals surface area contributed by atoms with Gasteiger partial charge in [-0.25, -0.2) is 0 Å². The smallest absolute Gasteiger partial charge is 0.328 e. The molecule has 4 nitrogen and oxygen atoms in total. The fourth-order valence-corrected chi connectivity index (χ4v) is 3.73. The Morgan fingerprint density at radius 1 is 0.846 bits per heavy atom. The average Bonchev–Trinajstić information content (AvgIpc) is 2.68. The maximum atomic E-state index is 12.7. The van der Waals surface area contributed by atoms with Crippen molar-refractivity contribution < 1.29 is 18.7 Å². The fraction of sp³-hybridized carbons (Fsp3) is 0.524. The number of hydrogen-bond acceptors (Lipinski definition) is 4. The van der Waals surface area contributed by atoms with Crippen molar-refractivity contribution in [3.63, 3.8) is 0 Å². The van der Waals surface area contributed by atoms with Gasteiger partial charge in [0.05, 0.1) is 12.8 Å². The molecule has 144 valence electrons. The number of unbranched alkanes of at least 4 members (excludes halogenated alkanes) is 6. The first-order valence-corrected chi connectivity index (χ1v) is 11.5. The zero-order chi connectivity index (χ0) is 18.7. The van der Waals surface area contributed by atoms with Crippen LogP contribution in [0.5, 0.6) is 5.75 Å². The Hall–Kier alpha value is -1.35. The van der Waals surface area contributed by atoms with Gasteiger partial charge < -0.3 is 9.41 Å². The third-order valence-electron chi connectivity index (χ3n) is 4.41. The molecule has 1 atom stereocenters. The molecular weight excluding hydrogens is 347 g/mol. The van der Waals surface area contributed by atoms with Crippen molar-refractivity contribution in [3.05, 3.63) is 42.5 Å². The number of rotatable bonds is 13. The van der Waals surface area contributed by atoms with E-state index in [-0.39, 0.29) is 6.16 Å². The Labute approximate surface area is 157 Å². The summed E-state index contributed by atoms with van der Waals surface area (Å²) in [7, 11) is -3.23. The zero-order valence-electron chi connectivity index (χ0n) is 16.0. The van der Waals surface area contributed by atoms with Crippen molar-refractivity contribution in [2.75, 3.05) is 12.8 Å². The van der Waals surface area contributed by atoms with Gasteiger partial charge in [-0.15, -0.1) is 0 Å². The van der Waals surface area contributed by atoms with E-state index in [1.807, 2.05) is 36.4 Å². The lowest BCUT2D eigenvalue weighted by atomic mass is 10.1. The third-order valence-corrected chi connectivity index (χ3v) is 6.07. The summed E-state index contributed by atoms with van der Waals surface area (Å²) in [4.78, 5) is 5.41. The van der Waals surface area contributed by atoms with Crippen LogP contribution in [0.4, 0.5) is 0 Å². The molecule has 2 rings (SSSR count). The summed E-state index contributed by atoms with van der Waals surface area (Å²) in [6.45, 7) is 4.45. The van der Waals surface area contributed by atoms with Crippen LogP contribution in [0.15, 0.2) is 42.5 Å². The molecule has 0 aromatic heterocycles. The first-order valence-electron chi connectivity index (χ1n) is 9.76. The summed E-state index contributed by atoms with van der Waals surface area (Å²) in [5.41, 5.74) is 0. The lowest BCUT2D eigenvalue weighted by Crippen LogP contribution is -2.03. The Balaban J connectivity index is 1.77. The summed E-state index contributed by atoms with van der Waals surface area (Å²) in [6, 6.07) is 13.5. The minimum Gasteiger partial charge on any atom is -0.328 e. The van der Waals surface area contributed by atoms with Crippen LogP contribution >= 0.6 is 7.60 Å². The van der Waals surface area contributed by atoms with E-state index < -0.39 is 7.60 Å². The van der Waals surface area contributed by atoms with Crippen molar-refractivity contribution in [2.45, 2.75) is 58.8 Å². The molecule has 0 spiro atoms. The summed E-state index contributed by atoms with van der Waals surface area (Å²) in [6.07, 6.45) is 8.61. The molecule has 0 fully saturated rings. The summed E-state index contributed by atoms with van der Waals surface area (Å²) < 4.78 is 23.5. The standard InChI is InChI=1S/C21H31O4P/c1-3-5-6-7-8-9-12-18-23-26(22,4-2)25-24-21-17-13-15-19-14-10-11-16-20(19)21/h10-11,13-17H,3-9,12,18H2,1-2H3. The topological polar surface area (TPSA) is 44.8 Å². The van der Waals surface area contributed by atoms with Crippen LogP contribution in [-0.2, 0) is 13.8 Å². The van der Waals surface area contributed by atoms with E-state index in [0.717, 1.165) is 23.6 Å². The average molecular weight is 378 g/mol. The van der Waals surface area contributed by atoms with Crippen molar-refractivity contribution in [1.29, 1.82) is 0 Å². The van der Waals surface area contributed by atoms with Crippen LogP contribution in [0.2, 0.25) is 0 Å². The van der Waals surface area contributed by atoms with Crippen LogP contribution in [0.3, 0.4) is 0 Å². The minimum absolute atomic E-state index is 0.286. The van der Waals surface area contributed by atoms with Gasteiger partial charge in [0, 0.05) is 5.39 Å². The SMILES string of the molecule is CCCCCCCCCOP(=O)(CC)OOc1cccc2ccccc12. The first kappa shape index (κ1) is 21.0. The largest absolute Gasteiger partial charge is 0.368 e. The van der Waals surface area contributed by atoms with E-state index in [0.29, 0.717) is 12.4 Å². The van der Waals surface area contributed by atoms with E-state index in [9.17, 15) is 4.57 Å². The van der Waals surface area contributed by atoms with E-state index in [1.54, 1.807) is 13.0 Å². The second-order valence-corrected chi connectivity index (χ2v) is 8.78. The normalized spacial score (nSPS) is 13.6. The highest BCUT2D eigenvalue weighted by Crippen LogP contribution is 2.48. The monoisotopic (exact) mass is 378 g/mol. The summed E-state index contributed by atoms with van der Waals surface area (Å²) in [5.74, 6) is 0.552. The second-order valence-electron chi connectivity index (χ2n) is 6.52. The van der Waals surface area contributed by atoms with Crippen molar-refractivity contribution >= 4 is 18.4 Å². The molecular formula is C21H31O4P. The van der Waals surface area contributed by atoms with Gasteiger partial charge in [-0.05, 0) is 17.9 Å². The highest BCUT2D eigenvalue weighted by atomic mass is 31.2. The van der Waals surface area contributed by atoms with Crippen molar-refractivity contribution in [2.24, 2.45) is 0 Å². The van der Waals surface area contributed by atoms with Crippen LogP contribution in [-0.4, -0.2) is 12.8 Å². The Bertz CT molecular complexity index is 696.